The van der Waals surface area contributed by atoms with Gasteiger partial charge in [-0.05, 0) is 47.8 Å². The van der Waals surface area contributed by atoms with Gasteiger partial charge < -0.3 is 16.4 Å². The Bertz CT molecular complexity index is 645. The Balaban J connectivity index is 1.71. The second-order valence-corrected chi connectivity index (χ2v) is 6.87. The molecule has 7 heteroatoms. The topological polar surface area (TPSA) is 80.0 Å². The van der Waals surface area contributed by atoms with E-state index < -0.39 is 0 Å². The van der Waals surface area contributed by atoms with E-state index in [4.69, 9.17) is 5.73 Å². The molecule has 0 aliphatic heterocycles. The molecule has 5 nitrogen and oxygen atoms in total. The van der Waals surface area contributed by atoms with Crippen molar-refractivity contribution in [3.05, 3.63) is 27.5 Å². The lowest BCUT2D eigenvalue weighted by atomic mass is 10.2. The minimum Gasteiger partial charge on any atom is -0.382 e. The minimum absolute atomic E-state index is 0.117. The molecule has 4 N–H and O–H groups in total. The fourth-order valence-corrected chi connectivity index (χ4v) is 3.75. The molecule has 0 bridgehead atoms. The number of aromatic nitrogens is 1. The number of nitrogens with zero attached hydrogens (tertiary/aromatic N) is 1. The van der Waals surface area contributed by atoms with E-state index in [9.17, 15) is 4.79 Å². The third-order valence-electron chi connectivity index (χ3n) is 3.49. The number of nitrogen functional groups attached to an aromatic ring is 1. The van der Waals surface area contributed by atoms with Crippen LogP contribution >= 0.6 is 22.9 Å². The fraction of sp³-hybridized carbons (Fsp3) is 0.429. The van der Waals surface area contributed by atoms with Crippen LogP contribution in [0.25, 0.3) is 0 Å². The molecule has 3 rings (SSSR count). The van der Waals surface area contributed by atoms with Crippen molar-refractivity contribution < 1.29 is 4.79 Å². The van der Waals surface area contributed by atoms with Crippen LogP contribution < -0.4 is 16.4 Å². The summed E-state index contributed by atoms with van der Waals surface area (Å²) in [4.78, 5) is 13.5. The number of rotatable bonds is 6. The van der Waals surface area contributed by atoms with Gasteiger partial charge in [0.25, 0.3) is 5.91 Å². The highest BCUT2D eigenvalue weighted by Gasteiger charge is 2.27. The number of hydrogen-bond acceptors (Lipinski definition) is 6. The van der Waals surface area contributed by atoms with Gasteiger partial charge in [0.2, 0.25) is 0 Å². The molecule has 2 aromatic rings. The van der Waals surface area contributed by atoms with Gasteiger partial charge in [0, 0.05) is 10.9 Å². The Morgan fingerprint density at radius 1 is 1.52 bits per heavy atom. The Morgan fingerprint density at radius 3 is 3.05 bits per heavy atom. The lowest BCUT2D eigenvalue weighted by Gasteiger charge is -2.08. The third kappa shape index (κ3) is 3.19. The summed E-state index contributed by atoms with van der Waals surface area (Å²) in [5, 5.41) is 9.12. The van der Waals surface area contributed by atoms with Gasteiger partial charge in [-0.1, -0.05) is 6.92 Å². The van der Waals surface area contributed by atoms with Crippen LogP contribution in [0.5, 0.6) is 0 Å². The highest BCUT2D eigenvalue weighted by Crippen LogP contribution is 2.29. The van der Waals surface area contributed by atoms with Crippen LogP contribution in [0.1, 0.15) is 40.6 Å². The molecule has 2 heterocycles. The molecule has 112 valence electrons. The second-order valence-electron chi connectivity index (χ2n) is 5.10. The number of aryl methyl sites for hydroxylation is 1. The average molecular weight is 322 g/mol. The van der Waals surface area contributed by atoms with E-state index in [2.05, 4.69) is 33.4 Å². The molecule has 0 spiro atoms. The highest BCUT2D eigenvalue weighted by molar-refractivity contribution is 7.11. The average Bonchev–Trinajstić information content (AvgIpc) is 3.02. The van der Waals surface area contributed by atoms with E-state index in [-0.39, 0.29) is 5.91 Å². The van der Waals surface area contributed by atoms with E-state index >= 15 is 0 Å². The lowest BCUT2D eigenvalue weighted by molar-refractivity contribution is 0.0953. The maximum absolute atomic E-state index is 12.2. The summed E-state index contributed by atoms with van der Waals surface area (Å²) in [5.41, 5.74) is 7.67. The molecule has 1 saturated carbocycles. The number of thiophene rings is 1. The predicted octanol–water partition coefficient (Wildman–Crippen LogP) is 2.85. The molecule has 1 aliphatic rings. The molecular weight excluding hydrogens is 304 g/mol. The number of hydrogen-bond donors (Lipinski definition) is 3. The Hall–Kier alpha value is -1.60. The number of anilines is 2. The van der Waals surface area contributed by atoms with Crippen molar-refractivity contribution in [2.24, 2.45) is 0 Å². The Morgan fingerprint density at radius 2 is 2.33 bits per heavy atom. The van der Waals surface area contributed by atoms with Crippen LogP contribution in [0.4, 0.5) is 10.8 Å². The molecule has 1 fully saturated rings. The normalized spacial score (nSPS) is 14.1. The zero-order valence-corrected chi connectivity index (χ0v) is 13.4. The quantitative estimate of drug-likeness (QED) is 0.764. The van der Waals surface area contributed by atoms with Gasteiger partial charge in [-0.15, -0.1) is 11.3 Å². The molecule has 0 unspecified atom stereocenters. The van der Waals surface area contributed by atoms with Crippen molar-refractivity contribution in [3.63, 3.8) is 0 Å². The molecule has 1 aliphatic carbocycles. The highest BCUT2D eigenvalue weighted by atomic mass is 32.1. The first kappa shape index (κ1) is 14.3. The van der Waals surface area contributed by atoms with Gasteiger partial charge in [-0.3, -0.25) is 4.79 Å². The number of carbonyl (C=O) groups excluding carboxylic acids is 1. The van der Waals surface area contributed by atoms with Crippen LogP contribution in [0.15, 0.2) is 11.4 Å². The first-order valence-corrected chi connectivity index (χ1v) is 8.69. The number of amides is 1. The lowest BCUT2D eigenvalue weighted by Crippen LogP contribution is -2.26. The van der Waals surface area contributed by atoms with Crippen LogP contribution in [0.3, 0.4) is 0 Å². The van der Waals surface area contributed by atoms with Crippen molar-refractivity contribution in [2.75, 3.05) is 11.1 Å². The molecule has 0 aromatic carbocycles. The number of nitrogens with two attached hydrogens (primary N) is 1. The van der Waals surface area contributed by atoms with E-state index in [0.29, 0.717) is 24.0 Å². The molecule has 1 amide bonds. The van der Waals surface area contributed by atoms with Crippen molar-refractivity contribution in [1.29, 1.82) is 0 Å². The van der Waals surface area contributed by atoms with Crippen molar-refractivity contribution in [1.82, 2.24) is 9.69 Å². The zero-order valence-electron chi connectivity index (χ0n) is 11.8. The standard InChI is InChI=1S/C14H18N4OS2/c1-2-8-5-6-20-10(8)7-16-14-11(12(15)18-21-14)13(19)17-9-3-4-9/h5-6,9,16H,2-4,7H2,1H3,(H2,15,18)(H,17,19). The van der Waals surface area contributed by atoms with Gasteiger partial charge in [-0.25, -0.2) is 0 Å². The molecule has 21 heavy (non-hydrogen) atoms. The van der Waals surface area contributed by atoms with Crippen LogP contribution in [0, 0.1) is 0 Å². The maximum Gasteiger partial charge on any atom is 0.258 e. The Kier molecular flexibility index (Phi) is 4.12. The van der Waals surface area contributed by atoms with Gasteiger partial charge in [0.05, 0.1) is 6.54 Å². The molecule has 0 radical (unpaired) electrons. The van der Waals surface area contributed by atoms with Crippen molar-refractivity contribution in [3.8, 4) is 0 Å². The molecule has 0 atom stereocenters. The molecule has 2 aromatic heterocycles. The summed E-state index contributed by atoms with van der Waals surface area (Å²) in [5.74, 6) is 0.190. The summed E-state index contributed by atoms with van der Waals surface area (Å²) >= 11 is 2.97. The van der Waals surface area contributed by atoms with E-state index in [1.54, 1.807) is 11.3 Å². The largest absolute Gasteiger partial charge is 0.382 e. The summed E-state index contributed by atoms with van der Waals surface area (Å²) in [6.45, 7) is 2.84. The number of carbonyl (C=O) groups is 1. The van der Waals surface area contributed by atoms with Crippen LogP contribution in [-0.4, -0.2) is 16.3 Å². The summed E-state index contributed by atoms with van der Waals surface area (Å²) < 4.78 is 4.11. The number of nitrogens with one attached hydrogen (secondary N) is 2. The SMILES string of the molecule is CCc1ccsc1CNc1snc(N)c1C(=O)NC1CC1. The smallest absolute Gasteiger partial charge is 0.258 e. The van der Waals surface area contributed by atoms with Crippen LogP contribution in [0.2, 0.25) is 0 Å². The Labute approximate surface area is 131 Å². The van der Waals surface area contributed by atoms with Gasteiger partial charge in [0.15, 0.2) is 5.82 Å². The van der Waals surface area contributed by atoms with Gasteiger partial charge in [-0.2, -0.15) is 4.37 Å². The van der Waals surface area contributed by atoms with Crippen LogP contribution in [-0.2, 0) is 13.0 Å². The van der Waals surface area contributed by atoms with E-state index in [1.807, 2.05) is 0 Å². The van der Waals surface area contributed by atoms with Crippen molar-refractivity contribution in [2.45, 2.75) is 38.8 Å². The van der Waals surface area contributed by atoms with E-state index in [1.165, 1.54) is 22.0 Å². The molecule has 0 saturated heterocycles. The van der Waals surface area contributed by atoms with Crippen molar-refractivity contribution >= 4 is 39.6 Å². The minimum atomic E-state index is -0.117. The second kappa shape index (κ2) is 6.03. The predicted molar refractivity (Wildman–Crippen MR) is 88.0 cm³/mol. The van der Waals surface area contributed by atoms with E-state index in [0.717, 1.165) is 24.3 Å². The summed E-state index contributed by atoms with van der Waals surface area (Å²) in [7, 11) is 0. The first-order valence-electron chi connectivity index (χ1n) is 7.04. The summed E-state index contributed by atoms with van der Waals surface area (Å²) in [6, 6.07) is 2.46. The monoisotopic (exact) mass is 322 g/mol. The first-order chi connectivity index (χ1) is 10.2. The van der Waals surface area contributed by atoms with Gasteiger partial charge in [0.1, 0.15) is 10.6 Å². The fourth-order valence-electron chi connectivity index (χ4n) is 2.13. The molecular formula is C14H18N4OS2. The summed E-state index contributed by atoms with van der Waals surface area (Å²) in [6.07, 6.45) is 3.13. The zero-order chi connectivity index (χ0) is 14.8. The maximum atomic E-state index is 12.2. The van der Waals surface area contributed by atoms with Gasteiger partial charge >= 0.3 is 0 Å². The third-order valence-corrected chi connectivity index (χ3v) is 5.27.